The number of benzene rings is 2. The second-order valence-corrected chi connectivity index (χ2v) is 7.81. The van der Waals surface area contributed by atoms with E-state index in [0.717, 1.165) is 22.5 Å². The van der Waals surface area contributed by atoms with Crippen molar-refractivity contribution in [3.63, 3.8) is 0 Å². The van der Waals surface area contributed by atoms with Crippen LogP contribution in [0.5, 0.6) is 0 Å². The maximum Gasteiger partial charge on any atom is 0.258 e. The molecule has 6 nitrogen and oxygen atoms in total. The maximum absolute atomic E-state index is 13.4. The van der Waals surface area contributed by atoms with Gasteiger partial charge in [-0.1, -0.05) is 47.0 Å². The Morgan fingerprint density at radius 3 is 2.43 bits per heavy atom. The number of halogens is 1. The van der Waals surface area contributed by atoms with E-state index in [-0.39, 0.29) is 12.5 Å². The fourth-order valence-electron chi connectivity index (χ4n) is 3.34. The molecular weight excluding hydrogens is 398 g/mol. The number of hydrogen-bond donors (Lipinski definition) is 0. The second-order valence-electron chi connectivity index (χ2n) is 7.43. The van der Waals surface area contributed by atoms with E-state index in [1.54, 1.807) is 9.42 Å². The van der Waals surface area contributed by atoms with Crippen molar-refractivity contribution in [3.8, 4) is 0 Å². The number of amides is 1. The van der Waals surface area contributed by atoms with Gasteiger partial charge < -0.3 is 4.90 Å². The number of aromatic nitrogens is 4. The van der Waals surface area contributed by atoms with E-state index in [1.807, 2.05) is 76.2 Å². The van der Waals surface area contributed by atoms with Gasteiger partial charge in [0.25, 0.3) is 11.7 Å². The molecule has 0 aliphatic heterocycles. The average Bonchev–Trinajstić information content (AvgIpc) is 3.13. The van der Waals surface area contributed by atoms with Gasteiger partial charge in [0.2, 0.25) is 0 Å². The summed E-state index contributed by atoms with van der Waals surface area (Å²) in [5.74, 6) is 0.852. The molecule has 0 aliphatic rings. The number of aryl methyl sites for hydroxylation is 4. The van der Waals surface area contributed by atoms with Crippen LogP contribution in [-0.2, 0) is 6.54 Å². The van der Waals surface area contributed by atoms with E-state index < -0.39 is 0 Å². The van der Waals surface area contributed by atoms with Gasteiger partial charge in [0.05, 0.1) is 23.0 Å². The Kier molecular flexibility index (Phi) is 5.26. The smallest absolute Gasteiger partial charge is 0.258 e. The molecule has 2 aromatic carbocycles. The lowest BCUT2D eigenvalue weighted by Gasteiger charge is -2.22. The number of nitrogens with zero attached hydrogens (tertiary/aromatic N) is 5. The molecule has 0 atom stereocenters. The van der Waals surface area contributed by atoms with Gasteiger partial charge in [0.1, 0.15) is 0 Å². The van der Waals surface area contributed by atoms with Crippen LogP contribution in [0.15, 0.2) is 48.5 Å². The maximum atomic E-state index is 13.4. The first-order chi connectivity index (χ1) is 14.3. The summed E-state index contributed by atoms with van der Waals surface area (Å²) in [7, 11) is 0. The van der Waals surface area contributed by atoms with Crippen molar-refractivity contribution in [1.82, 2.24) is 19.6 Å². The molecule has 0 bridgehead atoms. The van der Waals surface area contributed by atoms with E-state index >= 15 is 0 Å². The molecule has 2 aromatic heterocycles. The van der Waals surface area contributed by atoms with E-state index in [9.17, 15) is 4.79 Å². The van der Waals surface area contributed by atoms with Crippen LogP contribution < -0.4 is 4.90 Å². The van der Waals surface area contributed by atoms with Crippen molar-refractivity contribution < 1.29 is 4.79 Å². The number of rotatable bonds is 4. The third-order valence-corrected chi connectivity index (χ3v) is 5.56. The predicted octanol–water partition coefficient (Wildman–Crippen LogP) is 4.86. The van der Waals surface area contributed by atoms with Crippen LogP contribution >= 0.6 is 11.6 Å². The highest BCUT2D eigenvalue weighted by Crippen LogP contribution is 2.22. The highest BCUT2D eigenvalue weighted by molar-refractivity contribution is 6.31. The van der Waals surface area contributed by atoms with Crippen LogP contribution in [0.25, 0.3) is 5.78 Å². The third-order valence-electron chi connectivity index (χ3n) is 5.01. The molecule has 0 N–H and O–H groups in total. The molecule has 1 amide bonds. The minimum atomic E-state index is -0.111. The first-order valence-corrected chi connectivity index (χ1v) is 10.0. The minimum absolute atomic E-state index is 0.111. The van der Waals surface area contributed by atoms with E-state index in [2.05, 4.69) is 15.1 Å². The molecule has 4 rings (SSSR count). The van der Waals surface area contributed by atoms with E-state index in [0.29, 0.717) is 27.9 Å². The number of carbonyl (C=O) groups is 1. The van der Waals surface area contributed by atoms with Crippen LogP contribution in [0.4, 0.5) is 5.69 Å². The van der Waals surface area contributed by atoms with Gasteiger partial charge in [0.15, 0.2) is 5.82 Å². The molecule has 0 aliphatic carbocycles. The Balaban J connectivity index is 1.76. The molecule has 0 radical (unpaired) electrons. The molecule has 0 saturated carbocycles. The lowest BCUT2D eigenvalue weighted by Crippen LogP contribution is -2.31. The normalized spacial score (nSPS) is 11.1. The number of fused-ring (bicyclic) bond motifs is 1. The molecular formula is C23H22ClN5O. The highest BCUT2D eigenvalue weighted by atomic mass is 35.5. The molecule has 7 heteroatoms. The molecule has 0 saturated heterocycles. The molecule has 2 heterocycles. The van der Waals surface area contributed by atoms with Gasteiger partial charge in [-0.2, -0.15) is 9.50 Å². The lowest BCUT2D eigenvalue weighted by atomic mass is 10.1. The predicted molar refractivity (Wildman–Crippen MR) is 118 cm³/mol. The summed E-state index contributed by atoms with van der Waals surface area (Å²) >= 11 is 6.31. The molecule has 4 aromatic rings. The van der Waals surface area contributed by atoms with Crippen LogP contribution in [0.1, 0.15) is 38.7 Å². The van der Waals surface area contributed by atoms with Gasteiger partial charge in [-0.25, -0.2) is 4.98 Å². The Bertz CT molecular complexity index is 1250. The lowest BCUT2D eigenvalue weighted by molar-refractivity contribution is 0.0984. The van der Waals surface area contributed by atoms with Crippen LogP contribution in [0.2, 0.25) is 5.02 Å². The van der Waals surface area contributed by atoms with Gasteiger partial charge in [-0.05, 0) is 52.0 Å². The summed E-state index contributed by atoms with van der Waals surface area (Å²) in [5, 5.41) is 5.12. The number of carbonyl (C=O) groups excluding carboxylic acids is 1. The molecule has 0 unspecified atom stereocenters. The van der Waals surface area contributed by atoms with Crippen molar-refractivity contribution in [1.29, 1.82) is 0 Å². The largest absolute Gasteiger partial charge is 0.301 e. The summed E-state index contributed by atoms with van der Waals surface area (Å²) < 4.78 is 1.62. The van der Waals surface area contributed by atoms with Crippen molar-refractivity contribution in [3.05, 3.63) is 87.5 Å². The topological polar surface area (TPSA) is 63.4 Å². The summed E-state index contributed by atoms with van der Waals surface area (Å²) in [6.07, 6.45) is 0. The summed E-state index contributed by atoms with van der Waals surface area (Å²) in [5.41, 5.74) is 5.02. The zero-order valence-electron chi connectivity index (χ0n) is 17.3. The van der Waals surface area contributed by atoms with E-state index in [1.165, 1.54) is 0 Å². The fraction of sp³-hybridized carbons (Fsp3) is 0.217. The molecule has 0 spiro atoms. The van der Waals surface area contributed by atoms with E-state index in [4.69, 9.17) is 11.6 Å². The first kappa shape index (κ1) is 20.0. The van der Waals surface area contributed by atoms with Crippen molar-refractivity contribution in [2.45, 2.75) is 34.2 Å². The third kappa shape index (κ3) is 3.78. The Morgan fingerprint density at radius 1 is 1.00 bits per heavy atom. The van der Waals surface area contributed by atoms with Crippen LogP contribution in [0, 0.1) is 27.7 Å². The summed E-state index contributed by atoms with van der Waals surface area (Å²) in [6, 6.07) is 15.4. The summed E-state index contributed by atoms with van der Waals surface area (Å²) in [4.78, 5) is 24.0. The number of anilines is 1. The van der Waals surface area contributed by atoms with Crippen molar-refractivity contribution in [2.75, 3.05) is 4.90 Å². The minimum Gasteiger partial charge on any atom is -0.301 e. The molecule has 152 valence electrons. The first-order valence-electron chi connectivity index (χ1n) is 9.67. The molecule has 0 fully saturated rings. The van der Waals surface area contributed by atoms with Crippen molar-refractivity contribution >= 4 is 29.0 Å². The van der Waals surface area contributed by atoms with Crippen LogP contribution in [-0.4, -0.2) is 25.5 Å². The highest BCUT2D eigenvalue weighted by Gasteiger charge is 2.21. The monoisotopic (exact) mass is 419 g/mol. The van der Waals surface area contributed by atoms with Gasteiger partial charge in [0, 0.05) is 11.3 Å². The Hall–Kier alpha value is -3.25. The average molecular weight is 420 g/mol. The standard InChI is InChI=1S/C23H22ClN5O/c1-14-8-10-19(11-9-14)28(22(30)18-7-5-6-15(2)12-18)13-20-26-23-25-16(3)21(24)17(4)29(23)27-20/h5-12H,13H2,1-4H3. The second kappa shape index (κ2) is 7.88. The van der Waals surface area contributed by atoms with Crippen LogP contribution in [0.3, 0.4) is 0 Å². The summed E-state index contributed by atoms with van der Waals surface area (Å²) in [6.45, 7) is 7.91. The quantitative estimate of drug-likeness (QED) is 0.474. The fourth-order valence-corrected chi connectivity index (χ4v) is 3.47. The molecule has 30 heavy (non-hydrogen) atoms. The Labute approximate surface area is 180 Å². The number of hydrogen-bond acceptors (Lipinski definition) is 4. The Morgan fingerprint density at radius 2 is 1.73 bits per heavy atom. The zero-order valence-corrected chi connectivity index (χ0v) is 18.1. The zero-order chi connectivity index (χ0) is 21.4. The van der Waals surface area contributed by atoms with Gasteiger partial charge >= 0.3 is 0 Å². The van der Waals surface area contributed by atoms with Crippen molar-refractivity contribution in [2.24, 2.45) is 0 Å². The van der Waals surface area contributed by atoms with Gasteiger partial charge in [-0.3, -0.25) is 4.79 Å². The SMILES string of the molecule is Cc1ccc(N(Cc2nc3nc(C)c(Cl)c(C)n3n2)C(=O)c2cccc(C)c2)cc1. The van der Waals surface area contributed by atoms with Gasteiger partial charge in [-0.15, -0.1) is 5.10 Å².